The summed E-state index contributed by atoms with van der Waals surface area (Å²) in [6.45, 7) is 4.55. The standard InChI is InChI=1S/C11H17NO2.C4H6O6/c1-8(2)12-7-11(14)9-4-3-5-10(13)6-9;5-1(3(7)8)2(6)4(9)10/h3-6,8,11-14H,7H2,1-2H3;1-2,5-6H,(H,7,8)(H,9,10). The van der Waals surface area contributed by atoms with Crippen LogP contribution in [-0.4, -0.2) is 67.4 Å². The van der Waals surface area contributed by atoms with E-state index in [-0.39, 0.29) is 5.75 Å². The number of hydrogen-bond acceptors (Lipinski definition) is 7. The van der Waals surface area contributed by atoms with Crippen LogP contribution >= 0.6 is 0 Å². The first kappa shape index (κ1) is 21.8. The number of carbonyl (C=O) groups is 2. The van der Waals surface area contributed by atoms with Crippen LogP contribution in [0.25, 0.3) is 0 Å². The van der Waals surface area contributed by atoms with Crippen LogP contribution in [0.4, 0.5) is 0 Å². The lowest BCUT2D eigenvalue weighted by atomic mass is 10.1. The molecule has 0 aliphatic carbocycles. The number of nitrogens with one attached hydrogen (secondary N) is 1. The topological polar surface area (TPSA) is 168 Å². The van der Waals surface area contributed by atoms with Crippen molar-refractivity contribution in [3.63, 3.8) is 0 Å². The summed E-state index contributed by atoms with van der Waals surface area (Å²) in [5.74, 6) is -3.35. The number of aliphatic hydroxyl groups excluding tert-OH is 3. The highest BCUT2D eigenvalue weighted by atomic mass is 16.4. The van der Waals surface area contributed by atoms with Gasteiger partial charge in [0.2, 0.25) is 0 Å². The lowest BCUT2D eigenvalue weighted by Gasteiger charge is -2.14. The molecule has 0 aliphatic rings. The maximum atomic E-state index is 9.77. The predicted molar refractivity (Wildman–Crippen MR) is 83.5 cm³/mol. The third-order valence-electron chi connectivity index (χ3n) is 2.78. The Hall–Kier alpha value is -2.20. The number of aliphatic carboxylic acids is 2. The van der Waals surface area contributed by atoms with E-state index in [1.165, 1.54) is 0 Å². The molecule has 0 saturated heterocycles. The predicted octanol–water partition coefficient (Wildman–Crippen LogP) is -0.699. The van der Waals surface area contributed by atoms with Crippen LogP contribution in [0.15, 0.2) is 24.3 Å². The van der Waals surface area contributed by atoms with E-state index in [1.807, 2.05) is 13.8 Å². The van der Waals surface area contributed by atoms with E-state index in [0.717, 1.165) is 5.56 Å². The van der Waals surface area contributed by atoms with Gasteiger partial charge >= 0.3 is 11.9 Å². The number of aromatic hydroxyl groups is 1. The van der Waals surface area contributed by atoms with Crippen LogP contribution in [-0.2, 0) is 9.59 Å². The molecule has 0 saturated carbocycles. The number of aliphatic hydroxyl groups is 3. The number of rotatable bonds is 7. The number of carboxylic acids is 2. The van der Waals surface area contributed by atoms with Crippen molar-refractivity contribution in [1.82, 2.24) is 5.32 Å². The summed E-state index contributed by atoms with van der Waals surface area (Å²) in [5.41, 5.74) is 0.734. The third kappa shape index (κ3) is 8.44. The van der Waals surface area contributed by atoms with Crippen LogP contribution < -0.4 is 5.32 Å². The SMILES string of the molecule is CC(C)NCC(O)c1cccc(O)c1.O=C(O)C(O)C(O)C(=O)O. The maximum absolute atomic E-state index is 9.77. The normalized spacial score (nSPS) is 14.2. The average Bonchev–Trinajstić information content (AvgIpc) is 2.51. The van der Waals surface area contributed by atoms with E-state index in [1.54, 1.807) is 24.3 Å². The molecule has 3 unspecified atom stereocenters. The lowest BCUT2D eigenvalue weighted by molar-refractivity contribution is -0.165. The van der Waals surface area contributed by atoms with Gasteiger partial charge in [-0.25, -0.2) is 9.59 Å². The van der Waals surface area contributed by atoms with E-state index >= 15 is 0 Å². The Morgan fingerprint density at radius 1 is 1.04 bits per heavy atom. The van der Waals surface area contributed by atoms with Crippen molar-refractivity contribution in [1.29, 1.82) is 0 Å². The summed E-state index contributed by atoms with van der Waals surface area (Å²) in [5, 5.41) is 54.6. The van der Waals surface area contributed by atoms with Crippen LogP contribution in [0.3, 0.4) is 0 Å². The van der Waals surface area contributed by atoms with E-state index in [4.69, 9.17) is 20.4 Å². The Bertz CT molecular complexity index is 516. The fraction of sp³-hybridized carbons (Fsp3) is 0.467. The molecule has 0 heterocycles. The average molecular weight is 345 g/mol. The number of benzene rings is 1. The Labute approximate surface area is 138 Å². The van der Waals surface area contributed by atoms with Gasteiger partial charge in [0, 0.05) is 12.6 Å². The third-order valence-corrected chi connectivity index (χ3v) is 2.78. The number of phenolic OH excluding ortho intramolecular Hbond substituents is 1. The van der Waals surface area contributed by atoms with Gasteiger partial charge in [0.15, 0.2) is 12.2 Å². The molecule has 3 atom stereocenters. The largest absolute Gasteiger partial charge is 0.508 e. The van der Waals surface area contributed by atoms with E-state index in [9.17, 15) is 19.8 Å². The summed E-state index contributed by atoms with van der Waals surface area (Å²) in [6, 6.07) is 7.04. The van der Waals surface area contributed by atoms with Crippen molar-refractivity contribution < 1.29 is 40.2 Å². The van der Waals surface area contributed by atoms with Gasteiger partial charge in [0.1, 0.15) is 5.75 Å². The number of hydrogen-bond donors (Lipinski definition) is 7. The van der Waals surface area contributed by atoms with Gasteiger partial charge in [-0.3, -0.25) is 0 Å². The fourth-order valence-corrected chi connectivity index (χ4v) is 1.47. The summed E-state index contributed by atoms with van der Waals surface area (Å²) in [6.07, 6.45) is -5.10. The molecule has 0 spiro atoms. The van der Waals surface area contributed by atoms with Crippen LogP contribution in [0.5, 0.6) is 5.75 Å². The smallest absolute Gasteiger partial charge is 0.335 e. The van der Waals surface area contributed by atoms with E-state index < -0.39 is 30.3 Å². The van der Waals surface area contributed by atoms with Gasteiger partial charge in [-0.15, -0.1) is 0 Å². The molecule has 7 N–H and O–H groups in total. The molecule has 1 rings (SSSR count). The minimum Gasteiger partial charge on any atom is -0.508 e. The van der Waals surface area contributed by atoms with Crippen LogP contribution in [0.2, 0.25) is 0 Å². The van der Waals surface area contributed by atoms with E-state index in [2.05, 4.69) is 5.32 Å². The van der Waals surface area contributed by atoms with Gasteiger partial charge in [0.25, 0.3) is 0 Å². The molecule has 0 radical (unpaired) electrons. The van der Waals surface area contributed by atoms with Crippen molar-refractivity contribution >= 4 is 11.9 Å². The first-order chi connectivity index (χ1) is 11.1. The first-order valence-electron chi connectivity index (χ1n) is 7.08. The van der Waals surface area contributed by atoms with Crippen molar-refractivity contribution in [3.8, 4) is 5.75 Å². The van der Waals surface area contributed by atoms with Crippen molar-refractivity contribution in [2.24, 2.45) is 0 Å². The summed E-state index contributed by atoms with van der Waals surface area (Å²) in [4.78, 5) is 19.5. The van der Waals surface area contributed by atoms with Crippen LogP contribution in [0, 0.1) is 0 Å². The van der Waals surface area contributed by atoms with Gasteiger partial charge in [0.05, 0.1) is 6.10 Å². The highest BCUT2D eigenvalue weighted by Crippen LogP contribution is 2.17. The maximum Gasteiger partial charge on any atom is 0.335 e. The minimum absolute atomic E-state index is 0.186. The number of carboxylic acid groups (broad SMARTS) is 2. The van der Waals surface area contributed by atoms with Crippen molar-refractivity contribution in [2.45, 2.75) is 38.2 Å². The van der Waals surface area contributed by atoms with Crippen LogP contribution in [0.1, 0.15) is 25.5 Å². The van der Waals surface area contributed by atoms with Crippen molar-refractivity contribution in [3.05, 3.63) is 29.8 Å². The van der Waals surface area contributed by atoms with Gasteiger partial charge in [-0.2, -0.15) is 0 Å². The first-order valence-corrected chi connectivity index (χ1v) is 7.08. The molecule has 0 aliphatic heterocycles. The highest BCUT2D eigenvalue weighted by molar-refractivity contribution is 5.83. The molecular formula is C15H23NO8. The molecule has 136 valence electrons. The molecular weight excluding hydrogens is 322 g/mol. The second kappa shape index (κ2) is 10.6. The summed E-state index contributed by atoms with van der Waals surface area (Å²) >= 11 is 0. The molecule has 0 fully saturated rings. The summed E-state index contributed by atoms with van der Waals surface area (Å²) < 4.78 is 0. The van der Waals surface area contributed by atoms with Gasteiger partial charge in [-0.1, -0.05) is 26.0 Å². The molecule has 0 aromatic heterocycles. The quantitative estimate of drug-likeness (QED) is 0.338. The molecule has 0 bridgehead atoms. The molecule has 24 heavy (non-hydrogen) atoms. The van der Waals surface area contributed by atoms with E-state index in [0.29, 0.717) is 12.6 Å². The molecule has 1 aromatic carbocycles. The zero-order valence-electron chi connectivity index (χ0n) is 13.3. The second-order valence-corrected chi connectivity index (χ2v) is 5.24. The van der Waals surface area contributed by atoms with Gasteiger partial charge < -0.3 is 36.0 Å². The lowest BCUT2D eigenvalue weighted by Crippen LogP contribution is -2.39. The molecule has 9 nitrogen and oxygen atoms in total. The van der Waals surface area contributed by atoms with Gasteiger partial charge in [-0.05, 0) is 17.7 Å². The molecule has 1 aromatic rings. The molecule has 0 amide bonds. The zero-order chi connectivity index (χ0) is 18.9. The van der Waals surface area contributed by atoms with Crippen molar-refractivity contribution in [2.75, 3.05) is 6.54 Å². The Balaban J connectivity index is 0.000000470. The highest BCUT2D eigenvalue weighted by Gasteiger charge is 2.29. The Morgan fingerprint density at radius 2 is 1.54 bits per heavy atom. The Kier molecular flexibility index (Phi) is 9.58. The molecule has 9 heteroatoms. The Morgan fingerprint density at radius 3 is 1.92 bits per heavy atom. The fourth-order valence-electron chi connectivity index (χ4n) is 1.47. The number of phenols is 1. The second-order valence-electron chi connectivity index (χ2n) is 5.24. The monoisotopic (exact) mass is 345 g/mol. The minimum atomic E-state index is -2.27. The summed E-state index contributed by atoms with van der Waals surface area (Å²) in [7, 11) is 0. The zero-order valence-corrected chi connectivity index (χ0v) is 13.3.